The Kier molecular flexibility index (Phi) is 4.93. The van der Waals surface area contributed by atoms with Crippen molar-refractivity contribution in [1.29, 1.82) is 0 Å². The van der Waals surface area contributed by atoms with Gasteiger partial charge in [-0.3, -0.25) is 9.59 Å². The molecule has 1 aromatic heterocycles. The fraction of sp³-hybridized carbons (Fsp3) is 0.360. The number of aromatic amines is 1. The number of carbonyl (C=O) groups is 2. The van der Waals surface area contributed by atoms with Gasteiger partial charge < -0.3 is 19.5 Å². The van der Waals surface area contributed by atoms with Gasteiger partial charge in [0.2, 0.25) is 11.8 Å². The van der Waals surface area contributed by atoms with Gasteiger partial charge in [-0.1, -0.05) is 43.3 Å². The van der Waals surface area contributed by atoms with E-state index in [-0.39, 0.29) is 24.4 Å². The molecule has 0 radical (unpaired) electrons. The average molecular weight is 418 g/mol. The molecule has 2 aliphatic rings. The van der Waals surface area contributed by atoms with Crippen LogP contribution in [0.2, 0.25) is 0 Å². The Labute approximate surface area is 181 Å². The molecule has 0 spiro atoms. The van der Waals surface area contributed by atoms with Gasteiger partial charge in [0.05, 0.1) is 13.2 Å². The Morgan fingerprint density at radius 2 is 1.84 bits per heavy atom. The zero-order valence-electron chi connectivity index (χ0n) is 17.9. The second-order valence-corrected chi connectivity index (χ2v) is 8.22. The smallest absolute Gasteiger partial charge is 0.246 e. The second kappa shape index (κ2) is 7.76. The maximum absolute atomic E-state index is 13.4. The Bertz CT molecular complexity index is 1150. The fourth-order valence-electron chi connectivity index (χ4n) is 5.10. The number of para-hydroxylation sites is 2. The van der Waals surface area contributed by atoms with Crippen molar-refractivity contribution in [3.05, 3.63) is 65.4 Å². The molecule has 6 heteroatoms. The summed E-state index contributed by atoms with van der Waals surface area (Å²) in [6, 6.07) is 15.1. The standard InChI is InChI=1S/C25H27N3O3/c1-3-13-27-15-22(29)28-20(25(27)30)14-18-16-9-5-7-11-19(16)26-23(18)24(28)17-10-6-8-12-21(17)31-4-2/h5-12,20,24,26H,3-4,13-15H2,1-2H3. The van der Waals surface area contributed by atoms with Crippen molar-refractivity contribution in [2.24, 2.45) is 0 Å². The number of H-pyrrole nitrogens is 1. The molecule has 31 heavy (non-hydrogen) atoms. The van der Waals surface area contributed by atoms with Crippen molar-refractivity contribution in [2.75, 3.05) is 19.7 Å². The molecule has 3 aromatic rings. The summed E-state index contributed by atoms with van der Waals surface area (Å²) in [7, 11) is 0. The lowest BCUT2D eigenvalue weighted by atomic mass is 9.86. The first-order chi connectivity index (χ1) is 15.1. The molecule has 2 amide bonds. The first-order valence-electron chi connectivity index (χ1n) is 11.0. The van der Waals surface area contributed by atoms with Crippen LogP contribution in [-0.4, -0.2) is 52.3 Å². The van der Waals surface area contributed by atoms with Gasteiger partial charge in [-0.25, -0.2) is 0 Å². The summed E-state index contributed by atoms with van der Waals surface area (Å²) in [6.07, 6.45) is 1.36. The van der Waals surface area contributed by atoms with Crippen LogP contribution >= 0.6 is 0 Å². The summed E-state index contributed by atoms with van der Waals surface area (Å²) >= 11 is 0. The molecule has 0 bridgehead atoms. The lowest BCUT2D eigenvalue weighted by Gasteiger charge is -2.47. The van der Waals surface area contributed by atoms with Gasteiger partial charge in [0.25, 0.3) is 0 Å². The number of benzene rings is 2. The molecule has 2 aliphatic heterocycles. The van der Waals surface area contributed by atoms with E-state index in [4.69, 9.17) is 4.74 Å². The molecule has 0 aliphatic carbocycles. The van der Waals surface area contributed by atoms with Crippen LogP contribution in [0, 0.1) is 0 Å². The Morgan fingerprint density at radius 1 is 1.06 bits per heavy atom. The molecule has 1 fully saturated rings. The number of rotatable bonds is 5. The lowest BCUT2D eigenvalue weighted by molar-refractivity contribution is -0.158. The molecule has 2 unspecified atom stereocenters. The predicted octanol–water partition coefficient (Wildman–Crippen LogP) is 3.66. The summed E-state index contributed by atoms with van der Waals surface area (Å²) in [5, 5.41) is 1.11. The quantitative estimate of drug-likeness (QED) is 0.689. The monoisotopic (exact) mass is 417 g/mol. The highest BCUT2D eigenvalue weighted by Crippen LogP contribution is 2.44. The minimum Gasteiger partial charge on any atom is -0.494 e. The minimum absolute atomic E-state index is 0.0151. The summed E-state index contributed by atoms with van der Waals surface area (Å²) in [5.74, 6) is 0.770. The molecule has 3 heterocycles. The summed E-state index contributed by atoms with van der Waals surface area (Å²) in [4.78, 5) is 33.9. The summed E-state index contributed by atoms with van der Waals surface area (Å²) < 4.78 is 5.93. The topological polar surface area (TPSA) is 65.6 Å². The Balaban J connectivity index is 1.72. The predicted molar refractivity (Wildman–Crippen MR) is 119 cm³/mol. The van der Waals surface area contributed by atoms with Crippen LogP contribution in [0.3, 0.4) is 0 Å². The first-order valence-corrected chi connectivity index (χ1v) is 11.0. The number of nitrogens with one attached hydrogen (secondary N) is 1. The highest BCUT2D eigenvalue weighted by atomic mass is 16.5. The lowest BCUT2D eigenvalue weighted by Crippen LogP contribution is -2.63. The highest BCUT2D eigenvalue weighted by molar-refractivity contribution is 5.97. The molecule has 1 N–H and O–H groups in total. The first kappa shape index (κ1) is 19.7. The maximum atomic E-state index is 13.4. The molecule has 5 rings (SSSR count). The molecule has 2 atom stereocenters. The number of carbonyl (C=O) groups excluding carboxylic acids is 2. The van der Waals surface area contributed by atoms with Crippen molar-refractivity contribution in [3.63, 3.8) is 0 Å². The number of hydrogen-bond acceptors (Lipinski definition) is 3. The SMILES string of the molecule is CCCN1CC(=O)N2C(Cc3c([nH]c4ccccc34)C2c2ccccc2OCC)C1=O. The van der Waals surface area contributed by atoms with Crippen molar-refractivity contribution < 1.29 is 14.3 Å². The van der Waals surface area contributed by atoms with E-state index in [0.29, 0.717) is 19.6 Å². The average Bonchev–Trinajstić information content (AvgIpc) is 3.15. The van der Waals surface area contributed by atoms with E-state index in [2.05, 4.69) is 11.1 Å². The number of amides is 2. The van der Waals surface area contributed by atoms with E-state index in [1.54, 1.807) is 9.80 Å². The van der Waals surface area contributed by atoms with Crippen LogP contribution in [0.25, 0.3) is 10.9 Å². The third-order valence-corrected chi connectivity index (χ3v) is 6.35. The van der Waals surface area contributed by atoms with Crippen molar-refractivity contribution in [1.82, 2.24) is 14.8 Å². The Morgan fingerprint density at radius 3 is 2.65 bits per heavy atom. The van der Waals surface area contributed by atoms with Gasteiger partial charge in [0.15, 0.2) is 0 Å². The third-order valence-electron chi connectivity index (χ3n) is 6.35. The highest BCUT2D eigenvalue weighted by Gasteiger charge is 2.48. The largest absolute Gasteiger partial charge is 0.494 e. The third kappa shape index (κ3) is 3.09. The minimum atomic E-state index is -0.501. The van der Waals surface area contributed by atoms with Crippen LogP contribution in [0.1, 0.15) is 43.1 Å². The number of fused-ring (bicyclic) bond motifs is 4. The van der Waals surface area contributed by atoms with E-state index in [0.717, 1.165) is 39.9 Å². The van der Waals surface area contributed by atoms with E-state index in [1.165, 1.54) is 0 Å². The fourth-order valence-corrected chi connectivity index (χ4v) is 5.10. The summed E-state index contributed by atoms with van der Waals surface area (Å²) in [6.45, 7) is 5.25. The van der Waals surface area contributed by atoms with Gasteiger partial charge in [-0.15, -0.1) is 0 Å². The second-order valence-electron chi connectivity index (χ2n) is 8.22. The number of aromatic nitrogens is 1. The molecule has 160 valence electrons. The number of piperazine rings is 1. The molecular weight excluding hydrogens is 390 g/mol. The van der Waals surface area contributed by atoms with Gasteiger partial charge in [-0.05, 0) is 31.0 Å². The van der Waals surface area contributed by atoms with Crippen molar-refractivity contribution >= 4 is 22.7 Å². The van der Waals surface area contributed by atoms with E-state index in [9.17, 15) is 9.59 Å². The van der Waals surface area contributed by atoms with Crippen molar-refractivity contribution in [3.8, 4) is 5.75 Å². The molecule has 0 saturated carbocycles. The van der Waals surface area contributed by atoms with Crippen molar-refractivity contribution in [2.45, 2.75) is 38.8 Å². The normalized spacial score (nSPS) is 20.7. The molecule has 2 aromatic carbocycles. The molecule has 6 nitrogen and oxygen atoms in total. The number of nitrogens with zero attached hydrogens (tertiary/aromatic N) is 2. The van der Waals surface area contributed by atoms with Crippen LogP contribution in [0.4, 0.5) is 0 Å². The zero-order valence-corrected chi connectivity index (χ0v) is 17.9. The molecule has 1 saturated heterocycles. The van der Waals surface area contributed by atoms with Crippen LogP contribution in [0.15, 0.2) is 48.5 Å². The van der Waals surface area contributed by atoms with E-state index < -0.39 is 6.04 Å². The number of ether oxygens (including phenoxy) is 1. The van der Waals surface area contributed by atoms with Gasteiger partial charge >= 0.3 is 0 Å². The van der Waals surface area contributed by atoms with Gasteiger partial charge in [0.1, 0.15) is 17.8 Å². The van der Waals surface area contributed by atoms with E-state index >= 15 is 0 Å². The van der Waals surface area contributed by atoms with Gasteiger partial charge in [-0.2, -0.15) is 0 Å². The Hall–Kier alpha value is -3.28. The van der Waals surface area contributed by atoms with Crippen LogP contribution in [-0.2, 0) is 16.0 Å². The maximum Gasteiger partial charge on any atom is 0.246 e. The van der Waals surface area contributed by atoms with E-state index in [1.807, 2.05) is 56.3 Å². The van der Waals surface area contributed by atoms with Crippen LogP contribution in [0.5, 0.6) is 5.75 Å². The number of hydrogen-bond donors (Lipinski definition) is 1. The molecular formula is C25H27N3O3. The van der Waals surface area contributed by atoms with Crippen LogP contribution < -0.4 is 4.74 Å². The zero-order chi connectivity index (χ0) is 21.5. The summed E-state index contributed by atoms with van der Waals surface area (Å²) in [5.41, 5.74) is 4.03. The van der Waals surface area contributed by atoms with Gasteiger partial charge in [0, 0.05) is 35.1 Å².